The molecule has 8 N–H and O–H groups in total. The van der Waals surface area contributed by atoms with E-state index in [1.54, 1.807) is 19.4 Å². The molecule has 0 saturated heterocycles. The molecule has 17 heteroatoms. The first-order valence-corrected chi connectivity index (χ1v) is 38.6. The molecule has 12 nitrogen and oxygen atoms in total. The molecule has 82 heavy (non-hydrogen) atoms. The van der Waals surface area contributed by atoms with E-state index in [1.807, 2.05) is 105 Å². The molecule has 6 rings (SSSR count). The third kappa shape index (κ3) is 23.8. The van der Waals surface area contributed by atoms with Crippen LogP contribution in [0.15, 0.2) is 182 Å². The Morgan fingerprint density at radius 3 is 1.05 bits per heavy atom. The molecule has 0 heterocycles. The molecule has 1 unspecified atom stereocenters. The molecule has 1 atom stereocenters. The molecule has 0 bridgehead atoms. The highest BCUT2D eigenvalue weighted by Crippen LogP contribution is 2.35. The normalized spacial score (nSPS) is 12.0. The van der Waals surface area contributed by atoms with E-state index in [0.717, 1.165) is 100 Å². The summed E-state index contributed by atoms with van der Waals surface area (Å²) in [7, 11) is -4.93. The SMILES string of the molecule is CC(C)[Si](CCN)(c1ccccc1)C(C)C.CCCO[Si](CCN)(OCCC)c1ccccc1.CCO[Si](OCCCCN)(c1ccccc1)c1ccccc1.COC(C)O[SiH3].CO[Si](OCCCN)(c1ccccc1)c1ccccc1. The fraction of sp³-hybridized carbons (Fsp3) is 0.446. The molecule has 0 radical (unpaired) electrons. The molecular formula is C65H106N4O8Si5. The van der Waals surface area contributed by atoms with Gasteiger partial charge in [0, 0.05) is 53.3 Å². The van der Waals surface area contributed by atoms with Gasteiger partial charge in [-0.15, -0.1) is 0 Å². The maximum absolute atomic E-state index is 6.41. The molecule has 0 aromatic heterocycles. The van der Waals surface area contributed by atoms with Gasteiger partial charge >= 0.3 is 25.7 Å². The summed E-state index contributed by atoms with van der Waals surface area (Å²) in [6.45, 7) is 23.7. The molecular weight excluding hydrogens is 1110 g/mol. The summed E-state index contributed by atoms with van der Waals surface area (Å²) in [4.78, 5) is 0. The van der Waals surface area contributed by atoms with E-state index in [9.17, 15) is 0 Å². The van der Waals surface area contributed by atoms with Crippen molar-refractivity contribution in [1.82, 2.24) is 0 Å². The molecule has 0 fully saturated rings. The minimum absolute atomic E-state index is 0.00309. The van der Waals surface area contributed by atoms with Gasteiger partial charge < -0.3 is 58.7 Å². The molecule has 6 aromatic carbocycles. The Hall–Kier alpha value is -4.08. The lowest BCUT2D eigenvalue weighted by atomic mass is 10.3. The topological polar surface area (TPSA) is 178 Å². The molecule has 6 aromatic rings. The second-order valence-electron chi connectivity index (χ2n) is 20.3. The highest BCUT2D eigenvalue weighted by Gasteiger charge is 2.44. The molecule has 454 valence electrons. The highest BCUT2D eigenvalue weighted by atomic mass is 28.4. The Labute approximate surface area is 503 Å². The van der Waals surface area contributed by atoms with Crippen LogP contribution in [-0.4, -0.2) is 124 Å². The summed E-state index contributed by atoms with van der Waals surface area (Å²) < 4.78 is 46.6. The third-order valence-electron chi connectivity index (χ3n) is 14.2. The van der Waals surface area contributed by atoms with Crippen molar-refractivity contribution in [2.24, 2.45) is 22.9 Å². The number of nitrogens with two attached hydrogens (primary N) is 4. The third-order valence-corrected chi connectivity index (χ3v) is 31.8. The first kappa shape index (κ1) is 74.0. The van der Waals surface area contributed by atoms with Crippen LogP contribution in [0.5, 0.6) is 0 Å². The van der Waals surface area contributed by atoms with Gasteiger partial charge in [0.1, 0.15) is 16.8 Å². The number of unbranched alkanes of at least 4 members (excludes halogenated alkanes) is 1. The van der Waals surface area contributed by atoms with Gasteiger partial charge in [0.2, 0.25) is 0 Å². The van der Waals surface area contributed by atoms with Gasteiger partial charge in [0.15, 0.2) is 0 Å². The van der Waals surface area contributed by atoms with Crippen LogP contribution in [0.25, 0.3) is 0 Å². The summed E-state index contributed by atoms with van der Waals surface area (Å²) in [5.41, 5.74) is 24.3. The second kappa shape index (κ2) is 43.5. The zero-order valence-corrected chi connectivity index (χ0v) is 57.9. The van der Waals surface area contributed by atoms with Crippen LogP contribution >= 0.6 is 0 Å². The van der Waals surface area contributed by atoms with Gasteiger partial charge in [-0.1, -0.05) is 229 Å². The quantitative estimate of drug-likeness (QED) is 0.0183. The minimum atomic E-state index is -2.64. The second-order valence-corrected chi connectivity index (χ2v) is 35.5. The Morgan fingerprint density at radius 1 is 0.390 bits per heavy atom. The van der Waals surface area contributed by atoms with Crippen LogP contribution in [0.1, 0.15) is 87.5 Å². The van der Waals surface area contributed by atoms with Crippen LogP contribution in [0.4, 0.5) is 0 Å². The fourth-order valence-corrected chi connectivity index (χ4v) is 24.7. The maximum Gasteiger partial charge on any atom is 0.407 e. The van der Waals surface area contributed by atoms with Crippen LogP contribution in [0.2, 0.25) is 23.2 Å². The number of hydrogen-bond donors (Lipinski definition) is 4. The average molecular weight is 1210 g/mol. The fourth-order valence-electron chi connectivity index (χ4n) is 9.82. The lowest BCUT2D eigenvalue weighted by Crippen LogP contribution is -2.63. The van der Waals surface area contributed by atoms with Crippen molar-refractivity contribution < 1.29 is 35.7 Å². The van der Waals surface area contributed by atoms with E-state index in [1.165, 1.54) is 11.2 Å². The van der Waals surface area contributed by atoms with Gasteiger partial charge in [-0.2, -0.15) is 0 Å². The molecule has 0 aliphatic heterocycles. The zero-order chi connectivity index (χ0) is 60.4. The molecule has 0 saturated carbocycles. The first-order valence-electron chi connectivity index (χ1n) is 29.8. The largest absolute Gasteiger partial charge is 0.407 e. The minimum Gasteiger partial charge on any atom is -0.404 e. The van der Waals surface area contributed by atoms with Gasteiger partial charge in [0.05, 0.1) is 8.07 Å². The van der Waals surface area contributed by atoms with Crippen molar-refractivity contribution in [2.75, 3.05) is 73.4 Å². The smallest absolute Gasteiger partial charge is 0.404 e. The van der Waals surface area contributed by atoms with E-state index in [-0.39, 0.29) is 6.29 Å². The van der Waals surface area contributed by atoms with Crippen LogP contribution < -0.4 is 54.1 Å². The van der Waals surface area contributed by atoms with Crippen LogP contribution in [0.3, 0.4) is 0 Å². The molecule has 0 aliphatic rings. The predicted octanol–water partition coefficient (Wildman–Crippen LogP) is 7.83. The average Bonchev–Trinajstić information content (AvgIpc) is 3.60. The molecule has 0 aliphatic carbocycles. The zero-order valence-electron chi connectivity index (χ0n) is 51.9. The number of methoxy groups -OCH3 is 1. The molecule has 0 spiro atoms. The monoisotopic (exact) mass is 1210 g/mol. The number of hydrogen-bond acceptors (Lipinski definition) is 12. The summed E-state index contributed by atoms with van der Waals surface area (Å²) in [5, 5.41) is 7.30. The van der Waals surface area contributed by atoms with Crippen molar-refractivity contribution >= 4 is 75.4 Å². The lowest BCUT2D eigenvalue weighted by Gasteiger charge is -2.40. The van der Waals surface area contributed by atoms with E-state index in [2.05, 4.69) is 133 Å². The Balaban J connectivity index is 0.000000363. The molecule has 0 amide bonds. The highest BCUT2D eigenvalue weighted by molar-refractivity contribution is 6.94. The van der Waals surface area contributed by atoms with E-state index < -0.39 is 33.8 Å². The van der Waals surface area contributed by atoms with E-state index in [0.29, 0.717) is 39.5 Å². The van der Waals surface area contributed by atoms with Gasteiger partial charge in [-0.05, 0) is 115 Å². The van der Waals surface area contributed by atoms with Crippen molar-refractivity contribution in [3.05, 3.63) is 182 Å². The van der Waals surface area contributed by atoms with Crippen molar-refractivity contribution in [1.29, 1.82) is 0 Å². The number of ether oxygens (including phenoxy) is 1. The summed E-state index contributed by atoms with van der Waals surface area (Å²) >= 11 is 0. The summed E-state index contributed by atoms with van der Waals surface area (Å²) in [6, 6.07) is 64.4. The first-order chi connectivity index (χ1) is 39.8. The predicted molar refractivity (Wildman–Crippen MR) is 360 cm³/mol. The Kier molecular flexibility index (Phi) is 39.3. The van der Waals surface area contributed by atoms with E-state index in [4.69, 9.17) is 58.7 Å². The number of benzene rings is 6. The number of rotatable bonds is 32. The van der Waals surface area contributed by atoms with Crippen molar-refractivity contribution in [2.45, 2.75) is 117 Å². The standard InChI is InChI=1S/C18H25NO2Si.C16H21NO2Si.C14H25NO2Si.C14H25NSi.C3H10O2Si/c1-2-20-22(21-16-10-9-15-19,17-11-5-3-6-12-17)18-13-7-4-8-14-18;1-18-20(19-14-8-13-17,15-9-4-2-5-10-15)16-11-6-3-7-12-16;1-3-11-16-18(13-10-15,17-12-4-2)14-8-6-5-7-9-14;1-12(2)16(11-10-15,13(3)4)14-8-6-5-7-9-14;1-3(4-2)5-6/h3-8,11-14H,2,9-10,15-16,19H2,1H3;2-7,9-12H,8,13-14,17H2,1H3;5-9H,3-4,10-13,15H2,1-2H3;5-9,12-13H,10-11,15H2,1-4H3;3H,1-2,6H3. The Morgan fingerprint density at radius 2 is 0.744 bits per heavy atom. The van der Waals surface area contributed by atoms with Gasteiger partial charge in [-0.25, -0.2) is 0 Å². The summed E-state index contributed by atoms with van der Waals surface area (Å²) in [5.74, 6) is 0. The maximum atomic E-state index is 6.41. The van der Waals surface area contributed by atoms with Crippen molar-refractivity contribution in [3.63, 3.8) is 0 Å². The van der Waals surface area contributed by atoms with Gasteiger partial charge in [0.25, 0.3) is 0 Å². The van der Waals surface area contributed by atoms with Crippen molar-refractivity contribution in [3.8, 4) is 0 Å². The van der Waals surface area contributed by atoms with Crippen LogP contribution in [-0.2, 0) is 35.7 Å². The Bertz CT molecular complexity index is 2310. The van der Waals surface area contributed by atoms with Gasteiger partial charge in [-0.3, -0.25) is 0 Å². The summed E-state index contributed by atoms with van der Waals surface area (Å²) in [6.07, 6.45) is 4.76. The van der Waals surface area contributed by atoms with E-state index >= 15 is 0 Å². The van der Waals surface area contributed by atoms with Crippen LogP contribution in [0, 0.1) is 0 Å². The lowest BCUT2D eigenvalue weighted by molar-refractivity contribution is -0.0334.